The minimum Gasteiger partial charge on any atom is -0.361 e. The first-order chi connectivity index (χ1) is 15.8. The third-order valence-corrected chi connectivity index (χ3v) is 5.64. The lowest BCUT2D eigenvalue weighted by Gasteiger charge is -2.20. The second kappa shape index (κ2) is 9.15. The van der Waals surface area contributed by atoms with Crippen LogP contribution in [0.3, 0.4) is 0 Å². The number of anilines is 1. The summed E-state index contributed by atoms with van der Waals surface area (Å²) in [6, 6.07) is 13.6. The van der Waals surface area contributed by atoms with E-state index in [1.54, 1.807) is 12.1 Å². The minimum atomic E-state index is -0.750. The van der Waals surface area contributed by atoms with Crippen LogP contribution in [0.25, 0.3) is 10.9 Å². The number of hydrogen-bond acceptors (Lipinski definition) is 4. The molecule has 33 heavy (non-hydrogen) atoms. The molecular weight excluding hydrogens is 422 g/mol. The zero-order valence-corrected chi connectivity index (χ0v) is 18.4. The van der Waals surface area contributed by atoms with Crippen molar-refractivity contribution in [3.63, 3.8) is 0 Å². The fraction of sp³-hybridized carbons (Fsp3) is 0.250. The molecule has 9 nitrogen and oxygen atoms in total. The van der Waals surface area contributed by atoms with Gasteiger partial charge in [-0.3, -0.25) is 19.3 Å². The highest BCUT2D eigenvalue weighted by atomic mass is 16.2. The summed E-state index contributed by atoms with van der Waals surface area (Å²) in [5.74, 6) is -1.34. The van der Waals surface area contributed by atoms with Gasteiger partial charge >= 0.3 is 6.03 Å². The van der Waals surface area contributed by atoms with E-state index < -0.39 is 30.4 Å². The number of para-hydroxylation sites is 1. The van der Waals surface area contributed by atoms with Gasteiger partial charge in [0.05, 0.1) is 6.54 Å². The molecule has 1 aromatic heterocycles. The Kier molecular flexibility index (Phi) is 6.12. The maximum Gasteiger partial charge on any atom is 0.325 e. The lowest BCUT2D eigenvalue weighted by Crippen LogP contribution is -2.44. The number of nitrogens with one attached hydrogen (secondary N) is 3. The minimum absolute atomic E-state index is 0.199. The molecule has 0 aliphatic carbocycles. The summed E-state index contributed by atoms with van der Waals surface area (Å²) in [6.07, 6.45) is 2.13. The van der Waals surface area contributed by atoms with Crippen molar-refractivity contribution in [3.05, 3.63) is 65.9 Å². The van der Waals surface area contributed by atoms with E-state index >= 15 is 0 Å². The maximum absolute atomic E-state index is 12.8. The summed E-state index contributed by atoms with van der Waals surface area (Å²) in [5.41, 5.74) is 3.54. The number of H-pyrrole nitrogens is 1. The predicted octanol–water partition coefficient (Wildman–Crippen LogP) is 2.04. The van der Waals surface area contributed by atoms with Gasteiger partial charge in [0, 0.05) is 36.3 Å². The molecule has 1 atom stereocenters. The first-order valence-corrected chi connectivity index (χ1v) is 10.6. The molecule has 1 aliphatic rings. The molecule has 4 rings (SSSR count). The van der Waals surface area contributed by atoms with Crippen LogP contribution in [0.1, 0.15) is 11.1 Å². The van der Waals surface area contributed by atoms with E-state index in [-0.39, 0.29) is 12.5 Å². The van der Waals surface area contributed by atoms with Gasteiger partial charge in [0.2, 0.25) is 11.8 Å². The van der Waals surface area contributed by atoms with E-state index in [0.717, 1.165) is 26.9 Å². The highest BCUT2D eigenvalue weighted by Gasteiger charge is 2.39. The Bertz CT molecular complexity index is 1220. The topological polar surface area (TPSA) is 115 Å². The van der Waals surface area contributed by atoms with E-state index in [1.165, 1.54) is 11.9 Å². The average molecular weight is 447 g/mol. The summed E-state index contributed by atoms with van der Waals surface area (Å²) < 4.78 is 0. The van der Waals surface area contributed by atoms with Crippen LogP contribution < -0.4 is 10.6 Å². The summed E-state index contributed by atoms with van der Waals surface area (Å²) in [5, 5.41) is 6.35. The lowest BCUT2D eigenvalue weighted by molar-refractivity contribution is -0.137. The van der Waals surface area contributed by atoms with E-state index in [1.807, 2.05) is 49.5 Å². The van der Waals surface area contributed by atoms with Gasteiger partial charge in [-0.05, 0) is 30.7 Å². The van der Waals surface area contributed by atoms with Crippen molar-refractivity contribution in [2.75, 3.05) is 25.5 Å². The molecule has 3 N–H and O–H groups in total. The van der Waals surface area contributed by atoms with Gasteiger partial charge in [0.25, 0.3) is 5.91 Å². The highest BCUT2D eigenvalue weighted by Crippen LogP contribution is 2.21. The average Bonchev–Trinajstić information content (AvgIpc) is 3.31. The largest absolute Gasteiger partial charge is 0.361 e. The summed E-state index contributed by atoms with van der Waals surface area (Å²) in [6.45, 7) is 1.32. The third-order valence-electron chi connectivity index (χ3n) is 5.64. The molecule has 0 spiro atoms. The van der Waals surface area contributed by atoms with Gasteiger partial charge < -0.3 is 20.5 Å². The number of aromatic amines is 1. The number of likely N-dealkylation sites (N-methyl/N-ethyl adjacent to an activating group) is 1. The maximum atomic E-state index is 12.8. The molecular formula is C24H25N5O4. The molecule has 1 unspecified atom stereocenters. The molecule has 0 radical (unpaired) electrons. The molecule has 1 saturated heterocycles. The fourth-order valence-electron chi connectivity index (χ4n) is 3.78. The predicted molar refractivity (Wildman–Crippen MR) is 123 cm³/mol. The first kappa shape index (κ1) is 22.1. The van der Waals surface area contributed by atoms with Crippen molar-refractivity contribution >= 4 is 40.3 Å². The highest BCUT2D eigenvalue weighted by molar-refractivity contribution is 6.07. The Morgan fingerprint density at radius 3 is 2.58 bits per heavy atom. The van der Waals surface area contributed by atoms with Gasteiger partial charge in [-0.1, -0.05) is 35.9 Å². The third kappa shape index (κ3) is 4.87. The lowest BCUT2D eigenvalue weighted by atomic mass is 10.1. The second-order valence-electron chi connectivity index (χ2n) is 8.15. The number of benzene rings is 2. The Balaban J connectivity index is 1.33. The number of fused-ring (bicyclic) bond motifs is 1. The fourth-order valence-corrected chi connectivity index (χ4v) is 3.78. The molecule has 1 fully saturated rings. The molecule has 1 aliphatic heterocycles. The standard InChI is InChI=1S/C24H25N5O4/c1-15-7-9-17(10-8-15)26-21(30)13-28(2)22(31)14-29-23(32)20(27-24(29)33)11-16-12-25-19-6-4-3-5-18(16)19/h3-10,12,20,25H,11,13-14H2,1-2H3,(H,26,30)(H,27,33). The number of rotatable bonds is 7. The summed E-state index contributed by atoms with van der Waals surface area (Å²) >= 11 is 0. The van der Waals surface area contributed by atoms with Crippen molar-refractivity contribution < 1.29 is 19.2 Å². The zero-order chi connectivity index (χ0) is 23.5. The first-order valence-electron chi connectivity index (χ1n) is 10.6. The Morgan fingerprint density at radius 2 is 1.82 bits per heavy atom. The smallest absolute Gasteiger partial charge is 0.325 e. The molecule has 5 amide bonds. The van der Waals surface area contributed by atoms with Crippen molar-refractivity contribution in [3.8, 4) is 0 Å². The molecule has 170 valence electrons. The van der Waals surface area contributed by atoms with Crippen LogP contribution in [0.5, 0.6) is 0 Å². The van der Waals surface area contributed by atoms with Crippen molar-refractivity contribution in [2.24, 2.45) is 0 Å². The van der Waals surface area contributed by atoms with E-state index in [4.69, 9.17) is 0 Å². The Morgan fingerprint density at radius 1 is 1.09 bits per heavy atom. The van der Waals surface area contributed by atoms with Gasteiger partial charge in [-0.15, -0.1) is 0 Å². The number of aryl methyl sites for hydroxylation is 1. The van der Waals surface area contributed by atoms with Crippen molar-refractivity contribution in [1.82, 2.24) is 20.1 Å². The molecule has 0 bridgehead atoms. The SMILES string of the molecule is Cc1ccc(NC(=O)CN(C)C(=O)CN2C(=O)NC(Cc3c[nH]c4ccccc34)C2=O)cc1. The molecule has 0 saturated carbocycles. The molecule has 9 heteroatoms. The molecule has 2 aromatic carbocycles. The van der Waals surface area contributed by atoms with Gasteiger partial charge in [0.15, 0.2) is 0 Å². The summed E-state index contributed by atoms with van der Waals surface area (Å²) in [4.78, 5) is 55.3. The normalized spacial score (nSPS) is 15.6. The van der Waals surface area contributed by atoms with Gasteiger partial charge in [0.1, 0.15) is 12.6 Å². The second-order valence-corrected chi connectivity index (χ2v) is 8.15. The van der Waals surface area contributed by atoms with Gasteiger partial charge in [-0.2, -0.15) is 0 Å². The Labute approximate surface area is 190 Å². The zero-order valence-electron chi connectivity index (χ0n) is 18.4. The van der Waals surface area contributed by atoms with Crippen LogP contribution in [-0.2, 0) is 20.8 Å². The quantitative estimate of drug-likeness (QED) is 0.481. The van der Waals surface area contributed by atoms with Crippen molar-refractivity contribution in [1.29, 1.82) is 0 Å². The van der Waals surface area contributed by atoms with E-state index in [9.17, 15) is 19.2 Å². The van der Waals surface area contributed by atoms with E-state index in [0.29, 0.717) is 12.1 Å². The number of urea groups is 1. The van der Waals surface area contributed by atoms with E-state index in [2.05, 4.69) is 15.6 Å². The van der Waals surface area contributed by atoms with Crippen molar-refractivity contribution in [2.45, 2.75) is 19.4 Å². The number of aromatic nitrogens is 1. The Hall–Kier alpha value is -4.14. The monoisotopic (exact) mass is 447 g/mol. The van der Waals surface area contributed by atoms with Gasteiger partial charge in [-0.25, -0.2) is 4.79 Å². The van der Waals surface area contributed by atoms with Crippen LogP contribution in [-0.4, -0.2) is 64.7 Å². The van der Waals surface area contributed by atoms with Crippen LogP contribution in [0, 0.1) is 6.92 Å². The molecule has 3 aromatic rings. The van der Waals surface area contributed by atoms with Crippen LogP contribution >= 0.6 is 0 Å². The van der Waals surface area contributed by atoms with Crippen LogP contribution in [0.2, 0.25) is 0 Å². The number of imide groups is 1. The molecule has 2 heterocycles. The number of amides is 5. The van der Waals surface area contributed by atoms with Crippen LogP contribution in [0.4, 0.5) is 10.5 Å². The number of nitrogens with zero attached hydrogens (tertiary/aromatic N) is 2. The summed E-state index contributed by atoms with van der Waals surface area (Å²) in [7, 11) is 1.46. The number of carbonyl (C=O) groups is 4. The number of carbonyl (C=O) groups excluding carboxylic acids is 4. The van der Waals surface area contributed by atoms with Crippen LogP contribution in [0.15, 0.2) is 54.7 Å². The number of hydrogen-bond donors (Lipinski definition) is 3.